The van der Waals surface area contributed by atoms with Gasteiger partial charge in [-0.3, -0.25) is 9.78 Å². The van der Waals surface area contributed by atoms with Crippen molar-refractivity contribution in [1.29, 1.82) is 0 Å². The normalized spacial score (nSPS) is 10.3. The summed E-state index contributed by atoms with van der Waals surface area (Å²) in [5.74, 6) is -1.57. The van der Waals surface area contributed by atoms with Gasteiger partial charge in [-0.25, -0.2) is 8.78 Å². The lowest BCUT2D eigenvalue weighted by molar-refractivity contribution is 0.0946. The van der Waals surface area contributed by atoms with E-state index < -0.39 is 11.7 Å². The molecular formula is C14H12F2N2O. The second-order valence-electron chi connectivity index (χ2n) is 4.12. The van der Waals surface area contributed by atoms with Gasteiger partial charge in [-0.15, -0.1) is 0 Å². The minimum atomic E-state index is -0.685. The number of carbonyl (C=O) groups is 1. The number of aryl methyl sites for hydroxylation is 1. The fourth-order valence-corrected chi connectivity index (χ4v) is 1.58. The van der Waals surface area contributed by atoms with Crippen LogP contribution in [0.15, 0.2) is 36.7 Å². The Kier molecular flexibility index (Phi) is 3.85. The van der Waals surface area contributed by atoms with Gasteiger partial charge in [0.2, 0.25) is 0 Å². The Labute approximate surface area is 109 Å². The summed E-state index contributed by atoms with van der Waals surface area (Å²) in [6.07, 6.45) is 2.31. The number of carbonyl (C=O) groups excluding carboxylic acids is 1. The number of hydrogen-bond acceptors (Lipinski definition) is 2. The van der Waals surface area contributed by atoms with Crippen LogP contribution < -0.4 is 5.32 Å². The number of halogens is 2. The largest absolute Gasteiger partial charge is 0.348 e. The van der Waals surface area contributed by atoms with Gasteiger partial charge in [0, 0.05) is 12.7 Å². The maximum Gasteiger partial charge on any atom is 0.254 e. The van der Waals surface area contributed by atoms with Crippen LogP contribution in [0.3, 0.4) is 0 Å². The van der Waals surface area contributed by atoms with Gasteiger partial charge >= 0.3 is 0 Å². The van der Waals surface area contributed by atoms with E-state index in [0.717, 1.165) is 6.20 Å². The SMILES string of the molecule is Cc1ccc(CNC(=O)c2ccncc2F)cc1F. The topological polar surface area (TPSA) is 42.0 Å². The smallest absolute Gasteiger partial charge is 0.254 e. The molecule has 1 aromatic carbocycles. The van der Waals surface area contributed by atoms with Crippen molar-refractivity contribution in [2.45, 2.75) is 13.5 Å². The molecule has 0 saturated carbocycles. The van der Waals surface area contributed by atoms with E-state index in [-0.39, 0.29) is 17.9 Å². The molecule has 0 spiro atoms. The number of nitrogens with zero attached hydrogens (tertiary/aromatic N) is 1. The van der Waals surface area contributed by atoms with Gasteiger partial charge in [0.1, 0.15) is 5.82 Å². The monoisotopic (exact) mass is 262 g/mol. The van der Waals surface area contributed by atoms with Gasteiger partial charge in [-0.05, 0) is 30.2 Å². The van der Waals surface area contributed by atoms with E-state index in [2.05, 4.69) is 10.3 Å². The van der Waals surface area contributed by atoms with E-state index in [9.17, 15) is 13.6 Å². The van der Waals surface area contributed by atoms with Crippen LogP contribution in [0, 0.1) is 18.6 Å². The van der Waals surface area contributed by atoms with Gasteiger partial charge < -0.3 is 5.32 Å². The van der Waals surface area contributed by atoms with Crippen LogP contribution in [-0.4, -0.2) is 10.9 Å². The van der Waals surface area contributed by atoms with Crippen LogP contribution in [0.2, 0.25) is 0 Å². The van der Waals surface area contributed by atoms with Crippen molar-refractivity contribution in [3.8, 4) is 0 Å². The average Bonchev–Trinajstić information content (AvgIpc) is 2.40. The highest BCUT2D eigenvalue weighted by atomic mass is 19.1. The number of rotatable bonds is 3. The predicted molar refractivity (Wildman–Crippen MR) is 66.5 cm³/mol. The van der Waals surface area contributed by atoms with E-state index >= 15 is 0 Å². The molecule has 0 aliphatic rings. The Balaban J connectivity index is 2.04. The van der Waals surface area contributed by atoms with Crippen molar-refractivity contribution in [2.24, 2.45) is 0 Å². The first-order valence-electron chi connectivity index (χ1n) is 5.70. The Morgan fingerprint density at radius 3 is 2.74 bits per heavy atom. The first-order chi connectivity index (χ1) is 9.08. The molecular weight excluding hydrogens is 250 g/mol. The molecule has 19 heavy (non-hydrogen) atoms. The fourth-order valence-electron chi connectivity index (χ4n) is 1.58. The van der Waals surface area contributed by atoms with E-state index in [1.807, 2.05) is 0 Å². The third-order valence-electron chi connectivity index (χ3n) is 2.71. The molecule has 0 radical (unpaired) electrons. The molecule has 0 aliphatic heterocycles. The predicted octanol–water partition coefficient (Wildman–Crippen LogP) is 2.60. The fraction of sp³-hybridized carbons (Fsp3) is 0.143. The standard InChI is InChI=1S/C14H12F2N2O/c1-9-2-3-10(6-12(9)15)7-18-14(19)11-4-5-17-8-13(11)16/h2-6,8H,7H2,1H3,(H,18,19). The van der Waals surface area contributed by atoms with Crippen molar-refractivity contribution in [3.63, 3.8) is 0 Å². The molecule has 3 nitrogen and oxygen atoms in total. The van der Waals surface area contributed by atoms with Crippen LogP contribution in [-0.2, 0) is 6.54 Å². The molecule has 2 rings (SSSR count). The van der Waals surface area contributed by atoms with Gasteiger partial charge in [0.15, 0.2) is 5.82 Å². The number of hydrogen-bond donors (Lipinski definition) is 1. The molecule has 0 fully saturated rings. The minimum Gasteiger partial charge on any atom is -0.348 e. The summed E-state index contributed by atoms with van der Waals surface area (Å²) in [7, 11) is 0. The van der Waals surface area contributed by atoms with Crippen molar-refractivity contribution >= 4 is 5.91 Å². The second-order valence-corrected chi connectivity index (χ2v) is 4.12. The molecule has 5 heteroatoms. The van der Waals surface area contributed by atoms with Gasteiger partial charge in [0.05, 0.1) is 11.8 Å². The molecule has 0 aliphatic carbocycles. The second kappa shape index (κ2) is 5.56. The summed E-state index contributed by atoms with van der Waals surface area (Å²) in [5.41, 5.74) is 1.07. The maximum absolute atomic E-state index is 13.3. The highest BCUT2D eigenvalue weighted by Crippen LogP contribution is 2.09. The van der Waals surface area contributed by atoms with Crippen LogP contribution >= 0.6 is 0 Å². The van der Waals surface area contributed by atoms with Gasteiger partial charge in [0.25, 0.3) is 5.91 Å². The lowest BCUT2D eigenvalue weighted by Gasteiger charge is -2.07. The van der Waals surface area contributed by atoms with Crippen molar-refractivity contribution in [1.82, 2.24) is 10.3 Å². The Bertz CT molecular complexity index is 614. The molecule has 1 amide bonds. The van der Waals surface area contributed by atoms with E-state index in [4.69, 9.17) is 0 Å². The molecule has 0 bridgehead atoms. The number of benzene rings is 1. The highest BCUT2D eigenvalue weighted by Gasteiger charge is 2.10. The number of nitrogens with one attached hydrogen (secondary N) is 1. The molecule has 0 saturated heterocycles. The number of aromatic nitrogens is 1. The highest BCUT2D eigenvalue weighted by molar-refractivity contribution is 5.94. The summed E-state index contributed by atoms with van der Waals surface area (Å²) < 4.78 is 26.6. The quantitative estimate of drug-likeness (QED) is 0.923. The lowest BCUT2D eigenvalue weighted by atomic mass is 10.1. The van der Waals surface area contributed by atoms with E-state index in [1.165, 1.54) is 18.3 Å². The molecule has 1 aromatic heterocycles. The van der Waals surface area contributed by atoms with Gasteiger partial charge in [-0.2, -0.15) is 0 Å². The first-order valence-corrected chi connectivity index (χ1v) is 5.70. The summed E-state index contributed by atoms with van der Waals surface area (Å²) in [6, 6.07) is 5.98. The van der Waals surface area contributed by atoms with Crippen molar-refractivity contribution in [2.75, 3.05) is 0 Å². The number of amides is 1. The minimum absolute atomic E-state index is 0.0809. The third-order valence-corrected chi connectivity index (χ3v) is 2.71. The first kappa shape index (κ1) is 13.1. The Hall–Kier alpha value is -2.30. The van der Waals surface area contributed by atoms with Crippen LogP contribution in [0.5, 0.6) is 0 Å². The summed E-state index contributed by atoms with van der Waals surface area (Å²) >= 11 is 0. The molecule has 2 aromatic rings. The molecule has 98 valence electrons. The Morgan fingerprint density at radius 2 is 2.05 bits per heavy atom. The van der Waals surface area contributed by atoms with Crippen LogP contribution in [0.1, 0.15) is 21.5 Å². The zero-order chi connectivity index (χ0) is 13.8. The van der Waals surface area contributed by atoms with E-state index in [1.54, 1.807) is 19.1 Å². The third kappa shape index (κ3) is 3.13. The molecule has 1 N–H and O–H groups in total. The van der Waals surface area contributed by atoms with E-state index in [0.29, 0.717) is 11.1 Å². The van der Waals surface area contributed by atoms with Crippen molar-refractivity contribution < 1.29 is 13.6 Å². The zero-order valence-corrected chi connectivity index (χ0v) is 10.3. The maximum atomic E-state index is 13.3. The lowest BCUT2D eigenvalue weighted by Crippen LogP contribution is -2.24. The molecule has 0 atom stereocenters. The Morgan fingerprint density at radius 1 is 1.26 bits per heavy atom. The molecule has 1 heterocycles. The summed E-state index contributed by atoms with van der Waals surface area (Å²) in [5, 5.41) is 2.53. The summed E-state index contributed by atoms with van der Waals surface area (Å²) in [4.78, 5) is 15.3. The average molecular weight is 262 g/mol. The number of pyridine rings is 1. The van der Waals surface area contributed by atoms with Crippen LogP contribution in [0.4, 0.5) is 8.78 Å². The summed E-state index contributed by atoms with van der Waals surface area (Å²) in [6.45, 7) is 1.79. The van der Waals surface area contributed by atoms with Gasteiger partial charge in [-0.1, -0.05) is 12.1 Å². The molecule has 0 unspecified atom stereocenters. The van der Waals surface area contributed by atoms with Crippen molar-refractivity contribution in [3.05, 3.63) is 65.0 Å². The van der Waals surface area contributed by atoms with Crippen LogP contribution in [0.25, 0.3) is 0 Å². The zero-order valence-electron chi connectivity index (χ0n) is 10.3.